The normalized spacial score (nSPS) is 14.5. The third-order valence-corrected chi connectivity index (χ3v) is 4.58. The van der Waals surface area contributed by atoms with E-state index in [1.165, 1.54) is 6.07 Å². The van der Waals surface area contributed by atoms with Gasteiger partial charge in [0, 0.05) is 38.3 Å². The number of benzene rings is 2. The number of nitrogens with zero attached hydrogens (tertiary/aromatic N) is 2. The third-order valence-electron chi connectivity index (χ3n) is 4.58. The van der Waals surface area contributed by atoms with Crippen LogP contribution in [0.3, 0.4) is 0 Å². The van der Waals surface area contributed by atoms with Crippen LogP contribution in [0.1, 0.15) is 5.56 Å². The molecule has 3 rings (SSSR count). The largest absolute Gasteiger partial charge is 0.497 e. The van der Waals surface area contributed by atoms with Gasteiger partial charge < -0.3 is 19.3 Å². The molecule has 27 heavy (non-hydrogen) atoms. The second kappa shape index (κ2) is 8.58. The highest BCUT2D eigenvalue weighted by Gasteiger charge is 2.21. The van der Waals surface area contributed by atoms with E-state index in [1.54, 1.807) is 49.5 Å². The zero-order valence-electron chi connectivity index (χ0n) is 15.5. The molecule has 0 radical (unpaired) electrons. The molecule has 0 saturated carbocycles. The van der Waals surface area contributed by atoms with Crippen LogP contribution in [-0.4, -0.2) is 51.2 Å². The fraction of sp³-hybridized carbons (Fsp3) is 0.286. The summed E-state index contributed by atoms with van der Waals surface area (Å²) in [5.74, 6) is 1.04. The molecule has 1 aliphatic rings. The van der Waals surface area contributed by atoms with Crippen LogP contribution in [0.15, 0.2) is 48.5 Å². The van der Waals surface area contributed by atoms with Crippen LogP contribution in [0.5, 0.6) is 11.5 Å². The Labute approximate surface area is 158 Å². The van der Waals surface area contributed by atoms with E-state index < -0.39 is 0 Å². The number of anilines is 1. The van der Waals surface area contributed by atoms with E-state index in [9.17, 15) is 9.18 Å². The summed E-state index contributed by atoms with van der Waals surface area (Å²) in [6, 6.07) is 12.2. The molecule has 142 valence electrons. The summed E-state index contributed by atoms with van der Waals surface area (Å²) < 4.78 is 24.4. The molecule has 5 nitrogen and oxygen atoms in total. The molecule has 0 unspecified atom stereocenters. The molecule has 2 aromatic rings. The van der Waals surface area contributed by atoms with Gasteiger partial charge in [-0.1, -0.05) is 12.1 Å². The van der Waals surface area contributed by atoms with Crippen LogP contribution in [0, 0.1) is 5.82 Å². The Hall–Kier alpha value is -3.02. The van der Waals surface area contributed by atoms with Gasteiger partial charge in [0.05, 0.1) is 19.9 Å². The zero-order valence-corrected chi connectivity index (χ0v) is 15.5. The number of ether oxygens (including phenoxy) is 2. The lowest BCUT2D eigenvalue weighted by Gasteiger charge is -2.35. The van der Waals surface area contributed by atoms with Crippen LogP contribution in [0.25, 0.3) is 6.08 Å². The third kappa shape index (κ3) is 4.58. The van der Waals surface area contributed by atoms with Gasteiger partial charge in [-0.2, -0.15) is 0 Å². The molecule has 0 N–H and O–H groups in total. The maximum absolute atomic E-state index is 13.9. The fourth-order valence-electron chi connectivity index (χ4n) is 3.07. The fourth-order valence-corrected chi connectivity index (χ4v) is 3.07. The van der Waals surface area contributed by atoms with Crippen molar-refractivity contribution in [3.63, 3.8) is 0 Å². The first-order chi connectivity index (χ1) is 13.1. The number of carbonyl (C=O) groups excluding carboxylic acids is 1. The second-order valence-corrected chi connectivity index (χ2v) is 6.24. The first-order valence-electron chi connectivity index (χ1n) is 8.80. The molecule has 1 saturated heterocycles. The van der Waals surface area contributed by atoms with Gasteiger partial charge in [-0.25, -0.2) is 4.39 Å². The van der Waals surface area contributed by atoms with Crippen molar-refractivity contribution in [1.82, 2.24) is 4.90 Å². The minimum Gasteiger partial charge on any atom is -0.497 e. The van der Waals surface area contributed by atoms with E-state index >= 15 is 0 Å². The number of halogens is 1. The van der Waals surface area contributed by atoms with Gasteiger partial charge in [-0.05, 0) is 35.9 Å². The lowest BCUT2D eigenvalue weighted by molar-refractivity contribution is -0.126. The maximum atomic E-state index is 13.9. The number of carbonyl (C=O) groups is 1. The molecule has 1 amide bonds. The zero-order chi connectivity index (χ0) is 19.2. The molecule has 0 aliphatic carbocycles. The standard InChI is InChI=1S/C21H23FN2O3/c1-26-17-13-16(14-18(15-17)27-2)7-8-21(25)24-11-9-23(10-12-24)20-6-4-3-5-19(20)22/h3-8,13-15H,9-12H2,1-2H3/b8-7+. The molecule has 1 fully saturated rings. The number of hydrogen-bond acceptors (Lipinski definition) is 4. The van der Waals surface area contributed by atoms with Crippen LogP contribution in [-0.2, 0) is 4.79 Å². The van der Waals surface area contributed by atoms with Gasteiger partial charge >= 0.3 is 0 Å². The summed E-state index contributed by atoms with van der Waals surface area (Å²) in [7, 11) is 3.17. The summed E-state index contributed by atoms with van der Waals surface area (Å²) in [5.41, 5.74) is 1.41. The average molecular weight is 370 g/mol. The highest BCUT2D eigenvalue weighted by Crippen LogP contribution is 2.23. The van der Waals surface area contributed by atoms with Gasteiger partial charge in [0.15, 0.2) is 0 Å². The van der Waals surface area contributed by atoms with Crippen molar-refractivity contribution in [2.45, 2.75) is 0 Å². The lowest BCUT2D eigenvalue weighted by Crippen LogP contribution is -2.48. The van der Waals surface area contributed by atoms with E-state index in [4.69, 9.17) is 9.47 Å². The Balaban J connectivity index is 1.61. The minimum atomic E-state index is -0.232. The lowest BCUT2D eigenvalue weighted by atomic mass is 10.1. The monoisotopic (exact) mass is 370 g/mol. The Morgan fingerprint density at radius 3 is 2.22 bits per heavy atom. The molecule has 1 aliphatic heterocycles. The number of hydrogen-bond donors (Lipinski definition) is 0. The van der Waals surface area contributed by atoms with Crippen molar-refractivity contribution >= 4 is 17.7 Å². The van der Waals surface area contributed by atoms with Crippen molar-refractivity contribution < 1.29 is 18.7 Å². The van der Waals surface area contributed by atoms with Crippen LogP contribution in [0.4, 0.5) is 10.1 Å². The molecule has 0 spiro atoms. The van der Waals surface area contributed by atoms with E-state index in [0.717, 1.165) is 5.56 Å². The Morgan fingerprint density at radius 2 is 1.63 bits per heavy atom. The van der Waals surface area contributed by atoms with Gasteiger partial charge in [-0.15, -0.1) is 0 Å². The topological polar surface area (TPSA) is 42.0 Å². The number of piperazine rings is 1. The number of amides is 1. The predicted octanol–water partition coefficient (Wildman–Crippen LogP) is 3.20. The maximum Gasteiger partial charge on any atom is 0.246 e. The van der Waals surface area contributed by atoms with Crippen LogP contribution in [0.2, 0.25) is 0 Å². The molecule has 0 atom stereocenters. The molecular weight excluding hydrogens is 347 g/mol. The van der Waals surface area contributed by atoms with Crippen molar-refractivity contribution in [3.8, 4) is 11.5 Å². The highest BCUT2D eigenvalue weighted by molar-refractivity contribution is 5.92. The first kappa shape index (κ1) is 18.8. The Bertz CT molecular complexity index is 808. The smallest absolute Gasteiger partial charge is 0.246 e. The average Bonchev–Trinajstić information content (AvgIpc) is 2.72. The predicted molar refractivity (Wildman–Crippen MR) is 104 cm³/mol. The summed E-state index contributed by atoms with van der Waals surface area (Å²) >= 11 is 0. The number of para-hydroxylation sites is 1. The SMILES string of the molecule is COc1cc(/C=C/C(=O)N2CCN(c3ccccc3F)CC2)cc(OC)c1. The first-order valence-corrected chi connectivity index (χ1v) is 8.80. The van der Waals surface area contributed by atoms with Crippen LogP contribution < -0.4 is 14.4 Å². The van der Waals surface area contributed by atoms with Gasteiger partial charge in [-0.3, -0.25) is 4.79 Å². The summed E-state index contributed by atoms with van der Waals surface area (Å²) in [4.78, 5) is 16.2. The molecular formula is C21H23FN2O3. The van der Waals surface area contributed by atoms with Crippen molar-refractivity contribution in [2.75, 3.05) is 45.3 Å². The quantitative estimate of drug-likeness (QED) is 0.758. The molecule has 2 aromatic carbocycles. The minimum absolute atomic E-state index is 0.0648. The summed E-state index contributed by atoms with van der Waals surface area (Å²) in [6.45, 7) is 2.32. The van der Waals surface area contributed by atoms with E-state index in [2.05, 4.69) is 0 Å². The highest BCUT2D eigenvalue weighted by atomic mass is 19.1. The number of rotatable bonds is 5. The van der Waals surface area contributed by atoms with Crippen molar-refractivity contribution in [1.29, 1.82) is 0 Å². The van der Waals surface area contributed by atoms with Crippen molar-refractivity contribution in [2.24, 2.45) is 0 Å². The Kier molecular flexibility index (Phi) is 5.96. The molecule has 6 heteroatoms. The summed E-state index contributed by atoms with van der Waals surface area (Å²) in [5, 5.41) is 0. The van der Waals surface area contributed by atoms with E-state index in [-0.39, 0.29) is 11.7 Å². The van der Waals surface area contributed by atoms with Crippen molar-refractivity contribution in [3.05, 3.63) is 59.9 Å². The molecule has 0 bridgehead atoms. The van der Waals surface area contributed by atoms with E-state index in [0.29, 0.717) is 43.4 Å². The molecule has 1 heterocycles. The van der Waals surface area contributed by atoms with Gasteiger partial charge in [0.2, 0.25) is 5.91 Å². The summed E-state index contributed by atoms with van der Waals surface area (Å²) in [6.07, 6.45) is 3.30. The second-order valence-electron chi connectivity index (χ2n) is 6.24. The van der Waals surface area contributed by atoms with E-state index in [1.807, 2.05) is 23.1 Å². The number of methoxy groups -OCH3 is 2. The van der Waals surface area contributed by atoms with Gasteiger partial charge in [0.25, 0.3) is 0 Å². The van der Waals surface area contributed by atoms with Gasteiger partial charge in [0.1, 0.15) is 17.3 Å². The Morgan fingerprint density at radius 1 is 1.00 bits per heavy atom. The molecule has 0 aromatic heterocycles. The van der Waals surface area contributed by atoms with Crippen LogP contribution >= 0.6 is 0 Å².